The first-order valence-electron chi connectivity index (χ1n) is 10.5. The molecular weight excluding hydrogens is 336 g/mol. The van der Waals surface area contributed by atoms with Crippen molar-refractivity contribution in [3.63, 3.8) is 0 Å². The normalized spacial score (nSPS) is 21.3. The maximum Gasteiger partial charge on any atom is 0.223 e. The van der Waals surface area contributed by atoms with Gasteiger partial charge < -0.3 is 15.5 Å². The monoisotopic (exact) mass is 370 g/mol. The van der Waals surface area contributed by atoms with Crippen molar-refractivity contribution in [3.05, 3.63) is 35.9 Å². The third kappa shape index (κ3) is 5.98. The number of guanidine groups is 1. The van der Waals surface area contributed by atoms with E-state index in [1.54, 1.807) is 0 Å². The number of rotatable bonds is 6. The summed E-state index contributed by atoms with van der Waals surface area (Å²) in [5.74, 6) is 2.10. The van der Waals surface area contributed by atoms with Crippen LogP contribution in [0.2, 0.25) is 0 Å². The largest absolute Gasteiger partial charge is 0.354 e. The minimum Gasteiger partial charge on any atom is -0.354 e. The van der Waals surface area contributed by atoms with Crippen LogP contribution in [0, 0.1) is 11.8 Å². The molecule has 0 spiro atoms. The predicted octanol–water partition coefficient (Wildman–Crippen LogP) is 2.82. The Morgan fingerprint density at radius 1 is 1.07 bits per heavy atom. The van der Waals surface area contributed by atoms with Crippen molar-refractivity contribution in [3.8, 4) is 0 Å². The summed E-state index contributed by atoms with van der Waals surface area (Å²) in [5.41, 5.74) is 1.41. The zero-order chi connectivity index (χ0) is 18.9. The number of benzene rings is 1. The van der Waals surface area contributed by atoms with Crippen LogP contribution in [-0.4, -0.2) is 50.0 Å². The zero-order valence-electron chi connectivity index (χ0n) is 16.6. The Balaban J connectivity index is 1.36. The quantitative estimate of drug-likeness (QED) is 0.460. The lowest BCUT2D eigenvalue weighted by Gasteiger charge is -2.23. The van der Waals surface area contributed by atoms with Gasteiger partial charge in [-0.15, -0.1) is 0 Å². The number of nitrogens with zero attached hydrogens (tertiary/aromatic N) is 2. The zero-order valence-corrected chi connectivity index (χ0v) is 16.6. The van der Waals surface area contributed by atoms with Crippen LogP contribution < -0.4 is 10.6 Å². The van der Waals surface area contributed by atoms with Crippen molar-refractivity contribution >= 4 is 11.9 Å². The second-order valence-corrected chi connectivity index (χ2v) is 7.89. The molecule has 1 saturated carbocycles. The molecule has 0 bridgehead atoms. The highest BCUT2D eigenvalue weighted by Crippen LogP contribution is 2.23. The van der Waals surface area contributed by atoms with Crippen LogP contribution >= 0.6 is 0 Å². The number of carbonyl (C=O) groups is 1. The Kier molecular flexibility index (Phi) is 7.55. The molecule has 1 aromatic carbocycles. The fraction of sp³-hybridized carbons (Fsp3) is 0.636. The average molecular weight is 371 g/mol. The summed E-state index contributed by atoms with van der Waals surface area (Å²) in [7, 11) is 1.84. The summed E-state index contributed by atoms with van der Waals surface area (Å²) < 4.78 is 0. The van der Waals surface area contributed by atoms with Gasteiger partial charge in [-0.05, 0) is 37.2 Å². The standard InChI is InChI=1S/C22H34N4O/c1-23-22(25-14-13-24-21(27)20-10-6-3-7-11-20)26-15-12-19(17-26)16-18-8-4-2-5-9-18/h2,4-5,8-9,19-20H,3,6-7,10-17H2,1H3,(H,23,25)(H,24,27). The molecule has 5 heteroatoms. The van der Waals surface area contributed by atoms with Crippen LogP contribution in [0.25, 0.3) is 0 Å². The van der Waals surface area contributed by atoms with E-state index < -0.39 is 0 Å². The molecular formula is C22H34N4O. The first kappa shape index (κ1) is 19.7. The van der Waals surface area contributed by atoms with E-state index in [1.165, 1.54) is 31.2 Å². The van der Waals surface area contributed by atoms with Gasteiger partial charge in [-0.3, -0.25) is 9.79 Å². The molecule has 0 aromatic heterocycles. The maximum atomic E-state index is 12.2. The number of carbonyl (C=O) groups excluding carboxylic acids is 1. The van der Waals surface area contributed by atoms with Gasteiger partial charge in [-0.25, -0.2) is 0 Å². The third-order valence-electron chi connectivity index (χ3n) is 5.85. The molecule has 2 N–H and O–H groups in total. The Hall–Kier alpha value is -2.04. The molecule has 3 rings (SSSR count). The van der Waals surface area contributed by atoms with Crippen LogP contribution in [0.5, 0.6) is 0 Å². The second kappa shape index (κ2) is 10.3. The topological polar surface area (TPSA) is 56.7 Å². The van der Waals surface area contributed by atoms with Gasteiger partial charge in [0.1, 0.15) is 0 Å². The number of aliphatic imine (C=N–C) groups is 1. The van der Waals surface area contributed by atoms with Gasteiger partial charge in [0, 0.05) is 39.1 Å². The summed E-state index contributed by atoms with van der Waals surface area (Å²) in [5, 5.41) is 6.50. The first-order valence-corrected chi connectivity index (χ1v) is 10.5. The Morgan fingerprint density at radius 2 is 1.81 bits per heavy atom. The highest BCUT2D eigenvalue weighted by atomic mass is 16.1. The molecule has 0 radical (unpaired) electrons. The second-order valence-electron chi connectivity index (χ2n) is 7.89. The van der Waals surface area contributed by atoms with Crippen molar-refractivity contribution < 1.29 is 4.79 Å². The minimum atomic E-state index is 0.232. The Bertz CT molecular complexity index is 610. The maximum absolute atomic E-state index is 12.2. The van der Waals surface area contributed by atoms with Crippen molar-refractivity contribution in [2.75, 3.05) is 33.2 Å². The Morgan fingerprint density at radius 3 is 2.56 bits per heavy atom. The number of hydrogen-bond acceptors (Lipinski definition) is 2. The van der Waals surface area contributed by atoms with Gasteiger partial charge in [0.2, 0.25) is 5.91 Å². The van der Waals surface area contributed by atoms with Crippen LogP contribution in [0.3, 0.4) is 0 Å². The lowest BCUT2D eigenvalue weighted by atomic mass is 9.89. The molecule has 5 nitrogen and oxygen atoms in total. The van der Waals surface area contributed by atoms with E-state index in [4.69, 9.17) is 0 Å². The van der Waals surface area contributed by atoms with E-state index in [1.807, 2.05) is 7.05 Å². The van der Waals surface area contributed by atoms with E-state index in [9.17, 15) is 4.79 Å². The highest BCUT2D eigenvalue weighted by molar-refractivity contribution is 5.80. The molecule has 1 saturated heterocycles. The lowest BCUT2D eigenvalue weighted by molar-refractivity contribution is -0.125. The molecule has 1 aromatic rings. The van der Waals surface area contributed by atoms with Crippen molar-refractivity contribution in [2.24, 2.45) is 16.8 Å². The van der Waals surface area contributed by atoms with Gasteiger partial charge in [0.15, 0.2) is 5.96 Å². The fourth-order valence-corrected chi connectivity index (χ4v) is 4.34. The first-order chi connectivity index (χ1) is 13.3. The number of likely N-dealkylation sites (tertiary alicyclic amines) is 1. The van der Waals surface area contributed by atoms with E-state index >= 15 is 0 Å². The van der Waals surface area contributed by atoms with E-state index in [0.29, 0.717) is 12.5 Å². The molecule has 2 fully saturated rings. The van der Waals surface area contributed by atoms with Gasteiger partial charge >= 0.3 is 0 Å². The fourth-order valence-electron chi connectivity index (χ4n) is 4.34. The van der Waals surface area contributed by atoms with Gasteiger partial charge in [-0.2, -0.15) is 0 Å². The SMILES string of the molecule is CN=C(NCCNC(=O)C1CCCCC1)N1CCC(Cc2ccccc2)C1. The number of amides is 1. The van der Waals surface area contributed by atoms with Crippen molar-refractivity contribution in [1.82, 2.24) is 15.5 Å². The van der Waals surface area contributed by atoms with Crippen molar-refractivity contribution in [2.45, 2.75) is 44.9 Å². The number of nitrogens with one attached hydrogen (secondary N) is 2. The average Bonchev–Trinajstić information content (AvgIpc) is 3.17. The summed E-state index contributed by atoms with van der Waals surface area (Å²) in [4.78, 5) is 19.0. The van der Waals surface area contributed by atoms with Gasteiger partial charge in [-0.1, -0.05) is 49.6 Å². The molecule has 1 amide bonds. The number of hydrogen-bond donors (Lipinski definition) is 2. The summed E-state index contributed by atoms with van der Waals surface area (Å²) >= 11 is 0. The minimum absolute atomic E-state index is 0.232. The van der Waals surface area contributed by atoms with Crippen LogP contribution in [0.1, 0.15) is 44.1 Å². The highest BCUT2D eigenvalue weighted by Gasteiger charge is 2.25. The molecule has 1 atom stereocenters. The van der Waals surface area contributed by atoms with E-state index in [0.717, 1.165) is 44.9 Å². The molecule has 1 heterocycles. The van der Waals surface area contributed by atoms with Crippen molar-refractivity contribution in [1.29, 1.82) is 0 Å². The molecule has 1 unspecified atom stereocenters. The van der Waals surface area contributed by atoms with E-state index in [-0.39, 0.29) is 11.8 Å². The van der Waals surface area contributed by atoms with Crippen LogP contribution in [-0.2, 0) is 11.2 Å². The summed E-state index contributed by atoms with van der Waals surface area (Å²) in [6, 6.07) is 10.7. The summed E-state index contributed by atoms with van der Waals surface area (Å²) in [6.07, 6.45) is 8.11. The van der Waals surface area contributed by atoms with Crippen LogP contribution in [0.4, 0.5) is 0 Å². The molecule has 27 heavy (non-hydrogen) atoms. The smallest absolute Gasteiger partial charge is 0.223 e. The lowest BCUT2D eigenvalue weighted by Crippen LogP contribution is -2.44. The van der Waals surface area contributed by atoms with Crippen LogP contribution in [0.15, 0.2) is 35.3 Å². The molecule has 148 valence electrons. The Labute approximate surface area is 163 Å². The van der Waals surface area contributed by atoms with E-state index in [2.05, 4.69) is 50.9 Å². The molecule has 2 aliphatic rings. The third-order valence-corrected chi connectivity index (χ3v) is 5.85. The predicted molar refractivity (Wildman–Crippen MR) is 111 cm³/mol. The summed E-state index contributed by atoms with van der Waals surface area (Å²) in [6.45, 7) is 3.48. The molecule has 1 aliphatic carbocycles. The van der Waals surface area contributed by atoms with Gasteiger partial charge in [0.25, 0.3) is 0 Å². The molecule has 1 aliphatic heterocycles. The van der Waals surface area contributed by atoms with Gasteiger partial charge in [0.05, 0.1) is 0 Å².